The van der Waals surface area contributed by atoms with Crippen molar-refractivity contribution in [2.45, 2.75) is 24.3 Å². The monoisotopic (exact) mass is 540 g/mol. The highest BCUT2D eigenvalue weighted by Gasteiger charge is 2.23. The Balaban J connectivity index is 1.35. The van der Waals surface area contributed by atoms with Crippen LogP contribution in [0.4, 0.5) is 17.2 Å². The number of rotatable bonds is 9. The van der Waals surface area contributed by atoms with E-state index in [0.717, 1.165) is 30.0 Å². The molecule has 4 rings (SSSR count). The van der Waals surface area contributed by atoms with Crippen molar-refractivity contribution in [1.82, 2.24) is 14.9 Å². The molecule has 1 saturated heterocycles. The van der Waals surface area contributed by atoms with Crippen molar-refractivity contribution < 1.29 is 9.72 Å². The van der Waals surface area contributed by atoms with Gasteiger partial charge in [0.1, 0.15) is 11.0 Å². The number of nitrogens with zero attached hydrogens (tertiary/aromatic N) is 6. The highest BCUT2D eigenvalue weighted by molar-refractivity contribution is 7.98. The van der Waals surface area contributed by atoms with Crippen LogP contribution in [0.5, 0.6) is 0 Å². The molecule has 1 aliphatic rings. The number of hydrogen-bond acceptors (Lipinski definition) is 8. The summed E-state index contributed by atoms with van der Waals surface area (Å²) in [5, 5.41) is 11.9. The second-order valence-corrected chi connectivity index (χ2v) is 10.1. The fourth-order valence-electron chi connectivity index (χ4n) is 4.17. The van der Waals surface area contributed by atoms with E-state index in [1.807, 2.05) is 36.2 Å². The van der Waals surface area contributed by atoms with Gasteiger partial charge >= 0.3 is 0 Å². The second-order valence-electron chi connectivity index (χ2n) is 8.79. The SMILES string of the molecule is CCCN(C)c1cc(Cl)nc(SCc2cccc(C(=O)N3CCN(c4ccc([N+](=O)[O-])cc4)CC3)c2)n1. The maximum atomic E-state index is 13.2. The van der Waals surface area contributed by atoms with Gasteiger partial charge in [-0.3, -0.25) is 14.9 Å². The minimum atomic E-state index is -0.404. The standard InChI is InChI=1S/C26H29ClN6O3S/c1-3-11-30(2)24-17-23(27)28-26(29-24)37-18-19-5-4-6-20(16-19)25(34)32-14-12-31(13-15-32)21-7-9-22(10-8-21)33(35)36/h4-10,16-17H,3,11-15,18H2,1-2H3. The molecule has 0 bridgehead atoms. The molecule has 0 aliphatic carbocycles. The third-order valence-corrected chi connectivity index (χ3v) is 7.26. The first kappa shape index (κ1) is 26.7. The lowest BCUT2D eigenvalue weighted by molar-refractivity contribution is -0.384. The van der Waals surface area contributed by atoms with Crippen LogP contribution < -0.4 is 9.80 Å². The summed E-state index contributed by atoms with van der Waals surface area (Å²) >= 11 is 7.71. The predicted octanol–water partition coefficient (Wildman–Crippen LogP) is 5.14. The molecule has 2 heterocycles. The first-order valence-corrected chi connectivity index (χ1v) is 13.5. The molecule has 1 fully saturated rings. The Kier molecular flexibility index (Phi) is 8.83. The third kappa shape index (κ3) is 6.90. The number of thioether (sulfide) groups is 1. The zero-order valence-electron chi connectivity index (χ0n) is 20.8. The van der Waals surface area contributed by atoms with Crippen LogP contribution >= 0.6 is 23.4 Å². The Labute approximate surface area is 225 Å². The van der Waals surface area contributed by atoms with Crippen LogP contribution in [0.2, 0.25) is 5.15 Å². The van der Waals surface area contributed by atoms with E-state index in [1.165, 1.54) is 23.9 Å². The van der Waals surface area contributed by atoms with E-state index >= 15 is 0 Å². The van der Waals surface area contributed by atoms with Crippen LogP contribution in [-0.4, -0.2) is 65.5 Å². The highest BCUT2D eigenvalue weighted by Crippen LogP contribution is 2.25. The van der Waals surface area contributed by atoms with E-state index in [1.54, 1.807) is 18.2 Å². The average Bonchev–Trinajstić information content (AvgIpc) is 2.91. The van der Waals surface area contributed by atoms with E-state index in [-0.39, 0.29) is 11.6 Å². The van der Waals surface area contributed by atoms with Crippen LogP contribution in [0.25, 0.3) is 0 Å². The fourth-order valence-corrected chi connectivity index (χ4v) is 5.20. The molecule has 9 nitrogen and oxygen atoms in total. The third-order valence-electron chi connectivity index (χ3n) is 6.15. The number of nitro benzene ring substituents is 1. The predicted molar refractivity (Wildman–Crippen MR) is 148 cm³/mol. The van der Waals surface area contributed by atoms with Crippen LogP contribution in [0.1, 0.15) is 29.3 Å². The molecule has 2 aromatic carbocycles. The number of nitro groups is 1. The van der Waals surface area contributed by atoms with Gasteiger partial charge in [-0.1, -0.05) is 42.4 Å². The molecule has 3 aromatic rings. The minimum Gasteiger partial charge on any atom is -0.368 e. The Morgan fingerprint density at radius 2 is 1.84 bits per heavy atom. The van der Waals surface area contributed by atoms with Crippen LogP contribution in [0.15, 0.2) is 59.8 Å². The molecular formula is C26H29ClN6O3S. The van der Waals surface area contributed by atoms with Crippen molar-refractivity contribution >= 4 is 46.5 Å². The van der Waals surface area contributed by atoms with Crippen molar-refractivity contribution in [2.75, 3.05) is 49.6 Å². The van der Waals surface area contributed by atoms with E-state index in [2.05, 4.69) is 26.7 Å². The lowest BCUT2D eigenvalue weighted by Gasteiger charge is -2.36. The molecule has 1 aromatic heterocycles. The van der Waals surface area contributed by atoms with Gasteiger partial charge < -0.3 is 14.7 Å². The number of piperazine rings is 1. The normalized spacial score (nSPS) is 13.5. The fraction of sp³-hybridized carbons (Fsp3) is 0.346. The number of aromatic nitrogens is 2. The van der Waals surface area contributed by atoms with E-state index in [9.17, 15) is 14.9 Å². The summed E-state index contributed by atoms with van der Waals surface area (Å²) in [4.78, 5) is 38.7. The van der Waals surface area contributed by atoms with Crippen molar-refractivity contribution in [3.63, 3.8) is 0 Å². The number of non-ortho nitro benzene ring substituents is 1. The minimum absolute atomic E-state index is 0.00215. The molecule has 0 atom stereocenters. The molecular weight excluding hydrogens is 512 g/mol. The summed E-state index contributed by atoms with van der Waals surface area (Å²) in [6, 6.07) is 15.9. The maximum Gasteiger partial charge on any atom is 0.269 e. The van der Waals surface area contributed by atoms with Crippen LogP contribution in [-0.2, 0) is 5.75 Å². The first-order chi connectivity index (χ1) is 17.8. The van der Waals surface area contributed by atoms with Gasteiger partial charge in [-0.25, -0.2) is 9.97 Å². The number of anilines is 2. The number of carbonyl (C=O) groups is 1. The van der Waals surface area contributed by atoms with Crippen LogP contribution in [0.3, 0.4) is 0 Å². The molecule has 0 spiro atoms. The average molecular weight is 541 g/mol. The summed E-state index contributed by atoms with van der Waals surface area (Å²) in [6.45, 7) is 5.49. The molecule has 0 unspecified atom stereocenters. The summed E-state index contributed by atoms with van der Waals surface area (Å²) in [5.41, 5.74) is 2.65. The Morgan fingerprint density at radius 3 is 2.51 bits per heavy atom. The molecule has 0 N–H and O–H groups in total. The zero-order valence-corrected chi connectivity index (χ0v) is 22.4. The molecule has 37 heavy (non-hydrogen) atoms. The van der Waals surface area contributed by atoms with E-state index in [0.29, 0.717) is 47.8 Å². The topological polar surface area (TPSA) is 95.7 Å². The van der Waals surface area contributed by atoms with Crippen molar-refractivity contribution in [2.24, 2.45) is 0 Å². The Morgan fingerprint density at radius 1 is 1.11 bits per heavy atom. The van der Waals surface area contributed by atoms with Crippen LogP contribution in [0, 0.1) is 10.1 Å². The summed E-state index contributed by atoms with van der Waals surface area (Å²) in [5.74, 6) is 1.41. The summed E-state index contributed by atoms with van der Waals surface area (Å²) in [7, 11) is 1.98. The highest BCUT2D eigenvalue weighted by atomic mass is 35.5. The van der Waals surface area contributed by atoms with Gasteiger partial charge in [0.25, 0.3) is 11.6 Å². The van der Waals surface area contributed by atoms with Crippen molar-refractivity contribution in [1.29, 1.82) is 0 Å². The molecule has 0 saturated carbocycles. The molecule has 1 aliphatic heterocycles. The van der Waals surface area contributed by atoms with Gasteiger partial charge in [-0.05, 0) is 36.2 Å². The zero-order chi connectivity index (χ0) is 26.4. The van der Waals surface area contributed by atoms with Gasteiger partial charge in [-0.15, -0.1) is 0 Å². The van der Waals surface area contributed by atoms with Gasteiger partial charge in [0.2, 0.25) is 0 Å². The lowest BCUT2D eigenvalue weighted by Crippen LogP contribution is -2.48. The number of amides is 1. The first-order valence-electron chi connectivity index (χ1n) is 12.1. The van der Waals surface area contributed by atoms with Crippen molar-refractivity contribution in [3.8, 4) is 0 Å². The quantitative estimate of drug-likeness (QED) is 0.121. The largest absolute Gasteiger partial charge is 0.368 e. The Hall–Kier alpha value is -3.37. The van der Waals surface area contributed by atoms with Gasteiger partial charge in [0.05, 0.1) is 4.92 Å². The summed E-state index contributed by atoms with van der Waals surface area (Å²) in [6.07, 6.45) is 1.01. The van der Waals surface area contributed by atoms with Gasteiger partial charge in [0.15, 0.2) is 5.16 Å². The summed E-state index contributed by atoms with van der Waals surface area (Å²) < 4.78 is 0. The maximum absolute atomic E-state index is 13.2. The number of halogens is 1. The number of hydrogen-bond donors (Lipinski definition) is 0. The van der Waals surface area contributed by atoms with Gasteiger partial charge in [-0.2, -0.15) is 0 Å². The lowest BCUT2D eigenvalue weighted by atomic mass is 10.1. The number of carbonyl (C=O) groups excluding carboxylic acids is 1. The molecule has 11 heteroatoms. The number of benzene rings is 2. The van der Waals surface area contributed by atoms with E-state index < -0.39 is 4.92 Å². The second kappa shape index (κ2) is 12.2. The Bertz CT molecular complexity index is 1250. The molecule has 194 valence electrons. The molecule has 1 amide bonds. The van der Waals surface area contributed by atoms with Gasteiger partial charge in [0, 0.05) is 75.0 Å². The molecule has 0 radical (unpaired) electrons. The smallest absolute Gasteiger partial charge is 0.269 e. The van der Waals surface area contributed by atoms with Crippen molar-refractivity contribution in [3.05, 3.63) is 81.0 Å². The van der Waals surface area contributed by atoms with E-state index in [4.69, 9.17) is 11.6 Å².